The fourth-order valence-electron chi connectivity index (χ4n) is 2.88. The second-order valence-corrected chi connectivity index (χ2v) is 6.08. The first-order valence-corrected chi connectivity index (χ1v) is 8.54. The number of para-hydroxylation sites is 1. The molecule has 0 aliphatic rings. The lowest BCUT2D eigenvalue weighted by atomic mass is 10.1. The van der Waals surface area contributed by atoms with Gasteiger partial charge in [-0.25, -0.2) is 0 Å². The van der Waals surface area contributed by atoms with E-state index < -0.39 is 0 Å². The van der Waals surface area contributed by atoms with Gasteiger partial charge in [-0.2, -0.15) is 0 Å². The second kappa shape index (κ2) is 8.62. The summed E-state index contributed by atoms with van der Waals surface area (Å²) in [4.78, 5) is 15.1. The van der Waals surface area contributed by atoms with Gasteiger partial charge in [0.15, 0.2) is 0 Å². The van der Waals surface area contributed by atoms with E-state index in [0.717, 1.165) is 12.8 Å². The molecule has 1 aromatic carbocycles. The van der Waals surface area contributed by atoms with E-state index >= 15 is 0 Å². The van der Waals surface area contributed by atoms with Gasteiger partial charge in [-0.3, -0.25) is 4.79 Å². The van der Waals surface area contributed by atoms with Crippen molar-refractivity contribution in [3.05, 3.63) is 35.5 Å². The van der Waals surface area contributed by atoms with Crippen LogP contribution >= 0.6 is 0 Å². The fourth-order valence-corrected chi connectivity index (χ4v) is 2.88. The summed E-state index contributed by atoms with van der Waals surface area (Å²) in [5, 5.41) is 4.31. The quantitative estimate of drug-likeness (QED) is 0.658. The number of rotatable bonds is 9. The number of benzene rings is 1. The summed E-state index contributed by atoms with van der Waals surface area (Å²) in [6, 6.07) is 6.34. The molecule has 3 heteroatoms. The van der Waals surface area contributed by atoms with Gasteiger partial charge in [0.1, 0.15) is 0 Å². The van der Waals surface area contributed by atoms with E-state index in [-0.39, 0.29) is 5.91 Å². The number of aromatic amines is 1. The highest BCUT2D eigenvalue weighted by Gasteiger charge is 2.06. The maximum atomic E-state index is 11.8. The Morgan fingerprint density at radius 1 is 1.18 bits per heavy atom. The minimum Gasteiger partial charge on any atom is -0.361 e. The molecule has 0 fully saturated rings. The molecular formula is C19H28N2O. The van der Waals surface area contributed by atoms with Crippen molar-refractivity contribution in [3.8, 4) is 0 Å². The van der Waals surface area contributed by atoms with Crippen LogP contribution < -0.4 is 5.32 Å². The van der Waals surface area contributed by atoms with E-state index in [9.17, 15) is 4.79 Å². The summed E-state index contributed by atoms with van der Waals surface area (Å²) < 4.78 is 0. The summed E-state index contributed by atoms with van der Waals surface area (Å²) in [6.45, 7) is 5.04. The number of H-pyrrole nitrogens is 1. The van der Waals surface area contributed by atoms with E-state index in [0.29, 0.717) is 13.0 Å². The molecule has 22 heavy (non-hydrogen) atoms. The summed E-state index contributed by atoms with van der Waals surface area (Å²) in [5.41, 5.74) is 3.75. The third-order valence-corrected chi connectivity index (χ3v) is 4.23. The van der Waals surface area contributed by atoms with E-state index in [2.05, 4.69) is 48.5 Å². The van der Waals surface area contributed by atoms with Crippen LogP contribution in [-0.4, -0.2) is 17.4 Å². The molecule has 1 heterocycles. The Bertz CT molecular complexity index is 601. The zero-order chi connectivity index (χ0) is 15.8. The van der Waals surface area contributed by atoms with Crippen molar-refractivity contribution < 1.29 is 4.79 Å². The lowest BCUT2D eigenvalue weighted by Crippen LogP contribution is -2.25. The number of hydrogen-bond acceptors (Lipinski definition) is 1. The molecule has 1 amide bonds. The molecule has 0 aliphatic carbocycles. The number of nitrogens with one attached hydrogen (secondary N) is 2. The van der Waals surface area contributed by atoms with Crippen molar-refractivity contribution in [1.29, 1.82) is 0 Å². The zero-order valence-electron chi connectivity index (χ0n) is 13.9. The van der Waals surface area contributed by atoms with Gasteiger partial charge in [-0.15, -0.1) is 0 Å². The van der Waals surface area contributed by atoms with E-state index in [1.165, 1.54) is 47.7 Å². The predicted octanol–water partition coefficient (Wildman–Crippen LogP) is 4.50. The first-order valence-electron chi connectivity index (χ1n) is 8.54. The first kappa shape index (κ1) is 16.6. The Labute approximate surface area is 133 Å². The van der Waals surface area contributed by atoms with E-state index in [1.54, 1.807) is 0 Å². The predicted molar refractivity (Wildman–Crippen MR) is 93.1 cm³/mol. The number of fused-ring (bicyclic) bond motifs is 1. The molecular weight excluding hydrogens is 272 g/mol. The summed E-state index contributed by atoms with van der Waals surface area (Å²) in [5.74, 6) is 0.188. The van der Waals surface area contributed by atoms with Gasteiger partial charge < -0.3 is 10.3 Å². The Morgan fingerprint density at radius 3 is 2.82 bits per heavy atom. The van der Waals surface area contributed by atoms with Gasteiger partial charge in [0.05, 0.1) is 0 Å². The second-order valence-electron chi connectivity index (χ2n) is 6.08. The van der Waals surface area contributed by atoms with Crippen LogP contribution in [0.3, 0.4) is 0 Å². The lowest BCUT2D eigenvalue weighted by Gasteiger charge is -2.05. The molecule has 2 N–H and O–H groups in total. The van der Waals surface area contributed by atoms with Crippen LogP contribution in [0.5, 0.6) is 0 Å². The molecule has 0 radical (unpaired) electrons. The SMILES string of the molecule is CCCCCCCC(=O)NCCc1c[nH]c2c(C)cccc12. The number of amides is 1. The molecule has 0 atom stereocenters. The summed E-state index contributed by atoms with van der Waals surface area (Å²) >= 11 is 0. The minimum absolute atomic E-state index is 0.188. The highest BCUT2D eigenvalue weighted by Crippen LogP contribution is 2.21. The van der Waals surface area contributed by atoms with Crippen molar-refractivity contribution in [2.45, 2.75) is 58.8 Å². The Morgan fingerprint density at radius 2 is 2.00 bits per heavy atom. The summed E-state index contributed by atoms with van der Waals surface area (Å²) in [7, 11) is 0. The number of carbonyl (C=O) groups excluding carboxylic acids is 1. The number of aromatic nitrogens is 1. The molecule has 0 unspecified atom stereocenters. The van der Waals surface area contributed by atoms with Gasteiger partial charge in [0, 0.05) is 30.1 Å². The molecule has 0 saturated carbocycles. The van der Waals surface area contributed by atoms with Crippen LogP contribution in [-0.2, 0) is 11.2 Å². The third kappa shape index (κ3) is 4.62. The van der Waals surface area contributed by atoms with Crippen LogP contribution in [0.2, 0.25) is 0 Å². The van der Waals surface area contributed by atoms with Gasteiger partial charge in [0.2, 0.25) is 5.91 Å². The van der Waals surface area contributed by atoms with Gasteiger partial charge >= 0.3 is 0 Å². The standard InChI is InChI=1S/C19H28N2O/c1-3-4-5-6-7-11-18(22)20-13-12-16-14-21-19-15(2)9-8-10-17(16)19/h8-10,14,21H,3-7,11-13H2,1-2H3,(H,20,22). The Kier molecular flexibility index (Phi) is 6.50. The summed E-state index contributed by atoms with van der Waals surface area (Å²) in [6.07, 6.45) is 9.56. The van der Waals surface area contributed by atoms with E-state index in [4.69, 9.17) is 0 Å². The molecule has 1 aromatic heterocycles. The van der Waals surface area contributed by atoms with Crippen molar-refractivity contribution >= 4 is 16.8 Å². The molecule has 3 nitrogen and oxygen atoms in total. The number of unbranched alkanes of at least 4 members (excludes halogenated alkanes) is 4. The van der Waals surface area contributed by atoms with Crippen molar-refractivity contribution in [3.63, 3.8) is 0 Å². The highest BCUT2D eigenvalue weighted by molar-refractivity contribution is 5.86. The minimum atomic E-state index is 0.188. The highest BCUT2D eigenvalue weighted by atomic mass is 16.1. The zero-order valence-corrected chi connectivity index (χ0v) is 13.9. The van der Waals surface area contributed by atoms with Crippen LogP contribution in [0.15, 0.2) is 24.4 Å². The average Bonchev–Trinajstić information content (AvgIpc) is 2.92. The largest absolute Gasteiger partial charge is 0.361 e. The normalized spacial score (nSPS) is 11.0. The van der Waals surface area contributed by atoms with Gasteiger partial charge in [-0.05, 0) is 30.9 Å². The van der Waals surface area contributed by atoms with E-state index in [1.807, 2.05) is 0 Å². The Hall–Kier alpha value is -1.77. The molecule has 2 aromatic rings. The molecule has 0 saturated heterocycles. The lowest BCUT2D eigenvalue weighted by molar-refractivity contribution is -0.121. The molecule has 0 aliphatic heterocycles. The Balaban J connectivity index is 1.71. The topological polar surface area (TPSA) is 44.9 Å². The fraction of sp³-hybridized carbons (Fsp3) is 0.526. The smallest absolute Gasteiger partial charge is 0.220 e. The number of carbonyl (C=O) groups is 1. The first-order chi connectivity index (χ1) is 10.7. The van der Waals surface area contributed by atoms with Crippen LogP contribution in [0.4, 0.5) is 0 Å². The van der Waals surface area contributed by atoms with Crippen LogP contribution in [0, 0.1) is 6.92 Å². The molecule has 0 spiro atoms. The van der Waals surface area contributed by atoms with Gasteiger partial charge in [-0.1, -0.05) is 50.8 Å². The van der Waals surface area contributed by atoms with Crippen molar-refractivity contribution in [1.82, 2.24) is 10.3 Å². The average molecular weight is 300 g/mol. The van der Waals surface area contributed by atoms with Crippen molar-refractivity contribution in [2.75, 3.05) is 6.54 Å². The van der Waals surface area contributed by atoms with Gasteiger partial charge in [0.25, 0.3) is 0 Å². The molecule has 0 bridgehead atoms. The monoisotopic (exact) mass is 300 g/mol. The molecule has 2 rings (SSSR count). The number of aryl methyl sites for hydroxylation is 1. The third-order valence-electron chi connectivity index (χ3n) is 4.23. The van der Waals surface area contributed by atoms with Crippen LogP contribution in [0.25, 0.3) is 10.9 Å². The maximum absolute atomic E-state index is 11.8. The maximum Gasteiger partial charge on any atom is 0.220 e. The van der Waals surface area contributed by atoms with Crippen molar-refractivity contribution in [2.24, 2.45) is 0 Å². The van der Waals surface area contributed by atoms with Crippen LogP contribution in [0.1, 0.15) is 56.6 Å². The molecule has 120 valence electrons. The number of hydrogen-bond donors (Lipinski definition) is 2.